The molecule has 0 spiro atoms. The number of benzene rings is 1. The lowest BCUT2D eigenvalue weighted by atomic mass is 10.1. The molecule has 1 atom stereocenters. The lowest BCUT2D eigenvalue weighted by molar-refractivity contribution is -0.124. The van der Waals surface area contributed by atoms with Gasteiger partial charge in [-0.25, -0.2) is 0 Å². The topological polar surface area (TPSA) is 73.6 Å². The number of nitrogens with one attached hydrogen (secondary N) is 1. The molecular weight excluding hydrogens is 256 g/mol. The number of carbonyl (C=O) groups is 1. The van der Waals surface area contributed by atoms with E-state index >= 15 is 0 Å². The zero-order valence-electron chi connectivity index (χ0n) is 11.8. The lowest BCUT2D eigenvalue weighted by Gasteiger charge is -2.23. The van der Waals surface area contributed by atoms with Gasteiger partial charge in [-0.1, -0.05) is 12.1 Å². The first-order valence-corrected chi connectivity index (χ1v) is 7.00. The van der Waals surface area contributed by atoms with E-state index in [4.69, 9.17) is 15.2 Å². The molecule has 1 aromatic carbocycles. The van der Waals surface area contributed by atoms with Gasteiger partial charge in [0.15, 0.2) is 6.61 Å². The third-order valence-corrected chi connectivity index (χ3v) is 3.36. The standard InChI is InChI=1S/C15H22N2O3/c1-11(16)12-2-4-14(5-3-12)20-10-15(18)17-13-6-8-19-9-7-13/h2-5,11,13H,6-10,16H2,1H3,(H,17,18)/t11-/m0/s1. The van der Waals surface area contributed by atoms with E-state index in [0.717, 1.165) is 18.4 Å². The highest BCUT2D eigenvalue weighted by atomic mass is 16.5. The van der Waals surface area contributed by atoms with Crippen LogP contribution in [0.3, 0.4) is 0 Å². The lowest BCUT2D eigenvalue weighted by Crippen LogP contribution is -2.41. The van der Waals surface area contributed by atoms with Crippen LogP contribution < -0.4 is 15.8 Å². The number of ether oxygens (including phenoxy) is 2. The molecule has 0 aliphatic carbocycles. The van der Waals surface area contributed by atoms with E-state index in [0.29, 0.717) is 19.0 Å². The SMILES string of the molecule is C[C@H](N)c1ccc(OCC(=O)NC2CCOCC2)cc1. The van der Waals surface area contributed by atoms with Crippen LogP contribution in [0.25, 0.3) is 0 Å². The van der Waals surface area contributed by atoms with Crippen LogP contribution in [0.1, 0.15) is 31.4 Å². The molecule has 0 aromatic heterocycles. The van der Waals surface area contributed by atoms with Gasteiger partial charge in [-0.15, -0.1) is 0 Å². The van der Waals surface area contributed by atoms with Gasteiger partial charge in [0, 0.05) is 25.3 Å². The van der Waals surface area contributed by atoms with Crippen molar-refractivity contribution in [1.29, 1.82) is 0 Å². The van der Waals surface area contributed by atoms with E-state index in [1.165, 1.54) is 0 Å². The van der Waals surface area contributed by atoms with Crippen LogP contribution in [0, 0.1) is 0 Å². The molecule has 20 heavy (non-hydrogen) atoms. The summed E-state index contributed by atoms with van der Waals surface area (Å²) in [5.41, 5.74) is 6.82. The average Bonchev–Trinajstić information content (AvgIpc) is 2.46. The Hall–Kier alpha value is -1.59. The Bertz CT molecular complexity index is 425. The van der Waals surface area contributed by atoms with Crippen molar-refractivity contribution in [3.8, 4) is 5.75 Å². The predicted molar refractivity (Wildman–Crippen MR) is 76.5 cm³/mol. The van der Waals surface area contributed by atoms with Crippen molar-refractivity contribution in [3.63, 3.8) is 0 Å². The number of amides is 1. The monoisotopic (exact) mass is 278 g/mol. The maximum atomic E-state index is 11.8. The summed E-state index contributed by atoms with van der Waals surface area (Å²) in [5, 5.41) is 2.95. The molecule has 5 heteroatoms. The quantitative estimate of drug-likeness (QED) is 0.853. The molecule has 1 fully saturated rings. The zero-order valence-corrected chi connectivity index (χ0v) is 11.8. The van der Waals surface area contributed by atoms with Crippen molar-refractivity contribution < 1.29 is 14.3 Å². The van der Waals surface area contributed by atoms with Gasteiger partial charge in [0.05, 0.1) is 0 Å². The second-order valence-corrected chi connectivity index (χ2v) is 5.10. The zero-order chi connectivity index (χ0) is 14.4. The fourth-order valence-corrected chi connectivity index (χ4v) is 2.13. The van der Waals surface area contributed by atoms with Crippen molar-refractivity contribution in [2.75, 3.05) is 19.8 Å². The van der Waals surface area contributed by atoms with Gasteiger partial charge in [-0.3, -0.25) is 4.79 Å². The molecule has 0 radical (unpaired) electrons. The number of nitrogens with two attached hydrogens (primary N) is 1. The van der Waals surface area contributed by atoms with Crippen LogP contribution in [-0.4, -0.2) is 31.8 Å². The molecule has 3 N–H and O–H groups in total. The van der Waals surface area contributed by atoms with Crippen molar-refractivity contribution >= 4 is 5.91 Å². The van der Waals surface area contributed by atoms with Gasteiger partial charge in [0.2, 0.25) is 0 Å². The third-order valence-electron chi connectivity index (χ3n) is 3.36. The molecule has 110 valence electrons. The molecule has 1 amide bonds. The first kappa shape index (κ1) is 14.8. The molecule has 0 bridgehead atoms. The fourth-order valence-electron chi connectivity index (χ4n) is 2.13. The Labute approximate surface area is 119 Å². The van der Waals surface area contributed by atoms with E-state index in [9.17, 15) is 4.79 Å². The second-order valence-electron chi connectivity index (χ2n) is 5.10. The summed E-state index contributed by atoms with van der Waals surface area (Å²) in [6.45, 7) is 3.39. The maximum Gasteiger partial charge on any atom is 0.258 e. The summed E-state index contributed by atoms with van der Waals surface area (Å²) in [6, 6.07) is 7.70. The predicted octanol–water partition coefficient (Wildman–Crippen LogP) is 1.38. The minimum absolute atomic E-state index is 0.000805. The Morgan fingerprint density at radius 3 is 2.65 bits per heavy atom. The highest BCUT2D eigenvalue weighted by Gasteiger charge is 2.16. The highest BCUT2D eigenvalue weighted by Crippen LogP contribution is 2.16. The van der Waals surface area contributed by atoms with E-state index in [1.54, 1.807) is 0 Å². The summed E-state index contributed by atoms with van der Waals surface area (Å²) in [5.74, 6) is 0.588. The first-order valence-electron chi connectivity index (χ1n) is 7.00. The van der Waals surface area contributed by atoms with E-state index < -0.39 is 0 Å². The van der Waals surface area contributed by atoms with Gasteiger partial charge >= 0.3 is 0 Å². The summed E-state index contributed by atoms with van der Waals surface area (Å²) in [7, 11) is 0. The summed E-state index contributed by atoms with van der Waals surface area (Å²) in [6.07, 6.45) is 1.74. The summed E-state index contributed by atoms with van der Waals surface area (Å²) >= 11 is 0. The van der Waals surface area contributed by atoms with Crippen LogP contribution in [0.2, 0.25) is 0 Å². The number of rotatable bonds is 5. The summed E-state index contributed by atoms with van der Waals surface area (Å²) in [4.78, 5) is 11.8. The van der Waals surface area contributed by atoms with Crippen LogP contribution in [0.5, 0.6) is 5.75 Å². The largest absolute Gasteiger partial charge is 0.484 e. The Kier molecular flexibility index (Phi) is 5.38. The molecule has 1 saturated heterocycles. The Morgan fingerprint density at radius 1 is 1.40 bits per heavy atom. The molecule has 5 nitrogen and oxygen atoms in total. The van der Waals surface area contributed by atoms with Crippen LogP contribution in [0.4, 0.5) is 0 Å². The Morgan fingerprint density at radius 2 is 2.05 bits per heavy atom. The molecular formula is C15H22N2O3. The number of hydrogen-bond acceptors (Lipinski definition) is 4. The van der Waals surface area contributed by atoms with Gasteiger partial charge in [0.25, 0.3) is 5.91 Å². The minimum Gasteiger partial charge on any atom is -0.484 e. The minimum atomic E-state index is -0.0897. The van der Waals surface area contributed by atoms with E-state index in [1.807, 2.05) is 31.2 Å². The third kappa shape index (κ3) is 4.51. The van der Waals surface area contributed by atoms with Crippen LogP contribution >= 0.6 is 0 Å². The molecule has 1 heterocycles. The maximum absolute atomic E-state index is 11.8. The molecule has 0 saturated carbocycles. The molecule has 2 rings (SSSR count). The highest BCUT2D eigenvalue weighted by molar-refractivity contribution is 5.77. The van der Waals surface area contributed by atoms with E-state index in [-0.39, 0.29) is 24.6 Å². The van der Waals surface area contributed by atoms with Crippen molar-refractivity contribution in [2.24, 2.45) is 5.73 Å². The van der Waals surface area contributed by atoms with Gasteiger partial charge in [0.1, 0.15) is 5.75 Å². The van der Waals surface area contributed by atoms with Crippen molar-refractivity contribution in [2.45, 2.75) is 31.8 Å². The van der Waals surface area contributed by atoms with Gasteiger partial charge in [-0.05, 0) is 37.5 Å². The fraction of sp³-hybridized carbons (Fsp3) is 0.533. The number of carbonyl (C=O) groups excluding carboxylic acids is 1. The van der Waals surface area contributed by atoms with Gasteiger partial charge < -0.3 is 20.5 Å². The first-order chi connectivity index (χ1) is 9.65. The Balaban J connectivity index is 1.74. The van der Waals surface area contributed by atoms with Crippen molar-refractivity contribution in [3.05, 3.63) is 29.8 Å². The summed E-state index contributed by atoms with van der Waals surface area (Å²) < 4.78 is 10.7. The average molecular weight is 278 g/mol. The smallest absolute Gasteiger partial charge is 0.258 e. The van der Waals surface area contributed by atoms with Gasteiger partial charge in [-0.2, -0.15) is 0 Å². The molecule has 1 aliphatic heterocycles. The van der Waals surface area contributed by atoms with Crippen LogP contribution in [0.15, 0.2) is 24.3 Å². The molecule has 0 unspecified atom stereocenters. The van der Waals surface area contributed by atoms with Crippen molar-refractivity contribution in [1.82, 2.24) is 5.32 Å². The number of hydrogen-bond donors (Lipinski definition) is 2. The van der Waals surface area contributed by atoms with E-state index in [2.05, 4.69) is 5.32 Å². The molecule has 1 aromatic rings. The normalized spacial score (nSPS) is 17.5. The van der Waals surface area contributed by atoms with Crippen LogP contribution in [-0.2, 0) is 9.53 Å². The second kappa shape index (κ2) is 7.26. The molecule has 1 aliphatic rings.